The first-order valence-electron chi connectivity index (χ1n) is 7.76. The number of hydrogen-bond acceptors (Lipinski definition) is 2. The summed E-state index contributed by atoms with van der Waals surface area (Å²) < 4.78 is 0. The van der Waals surface area contributed by atoms with Crippen molar-refractivity contribution in [1.82, 2.24) is 0 Å². The van der Waals surface area contributed by atoms with Gasteiger partial charge in [-0.05, 0) is 31.2 Å². The van der Waals surface area contributed by atoms with E-state index in [9.17, 15) is 0 Å². The highest BCUT2D eigenvalue weighted by Gasteiger charge is 2.05. The van der Waals surface area contributed by atoms with Gasteiger partial charge in [-0.25, -0.2) is 0 Å². The number of rotatable bonds is 10. The molecule has 1 aromatic rings. The first-order valence-corrected chi connectivity index (χ1v) is 8.74. The van der Waals surface area contributed by atoms with Crippen LogP contribution in [-0.2, 0) is 0 Å². The maximum atomic E-state index is 3.67. The fourth-order valence-corrected chi connectivity index (χ4v) is 3.03. The molecule has 0 aliphatic heterocycles. The van der Waals surface area contributed by atoms with Crippen molar-refractivity contribution in [2.45, 2.75) is 70.2 Å². The van der Waals surface area contributed by atoms with Gasteiger partial charge < -0.3 is 5.32 Å². The van der Waals surface area contributed by atoms with E-state index in [4.69, 9.17) is 0 Å². The molecule has 0 aliphatic carbocycles. The molecular formula is C17H29NS. The smallest absolute Gasteiger partial charge is 0.0480 e. The van der Waals surface area contributed by atoms with Crippen LogP contribution in [0.3, 0.4) is 0 Å². The minimum absolute atomic E-state index is 0.570. The minimum Gasteiger partial charge on any atom is -0.382 e. The first kappa shape index (κ1) is 16.4. The molecule has 2 heteroatoms. The lowest BCUT2D eigenvalue weighted by atomic mass is 10.1. The Kier molecular flexibility index (Phi) is 8.81. The lowest BCUT2D eigenvalue weighted by Crippen LogP contribution is -2.15. The summed E-state index contributed by atoms with van der Waals surface area (Å²) >= 11 is 1.92. The van der Waals surface area contributed by atoms with E-state index in [1.807, 2.05) is 11.8 Å². The van der Waals surface area contributed by atoms with Gasteiger partial charge in [0.15, 0.2) is 0 Å². The Hall–Kier alpha value is -0.630. The Labute approximate surface area is 123 Å². The van der Waals surface area contributed by atoms with Gasteiger partial charge in [0.25, 0.3) is 0 Å². The van der Waals surface area contributed by atoms with Crippen LogP contribution >= 0.6 is 11.8 Å². The molecule has 0 radical (unpaired) electrons. The van der Waals surface area contributed by atoms with Gasteiger partial charge in [-0.2, -0.15) is 0 Å². The van der Waals surface area contributed by atoms with Crippen LogP contribution in [0.15, 0.2) is 29.2 Å². The van der Waals surface area contributed by atoms with Crippen LogP contribution in [0.5, 0.6) is 0 Å². The standard InChI is InChI=1S/C17H29NS/c1-4-6-7-8-9-12-15(3)18-16-13-10-11-14-17(16)19-5-2/h10-11,13-15,18H,4-9,12H2,1-3H3. The Balaban J connectivity index is 2.33. The van der Waals surface area contributed by atoms with Crippen molar-refractivity contribution in [2.24, 2.45) is 0 Å². The summed E-state index contributed by atoms with van der Waals surface area (Å²) in [6, 6.07) is 9.23. The summed E-state index contributed by atoms with van der Waals surface area (Å²) in [6.45, 7) is 6.78. The molecule has 108 valence electrons. The summed E-state index contributed by atoms with van der Waals surface area (Å²) in [5.74, 6) is 1.13. The maximum absolute atomic E-state index is 3.67. The normalized spacial score (nSPS) is 12.4. The van der Waals surface area contributed by atoms with E-state index in [0.717, 1.165) is 5.75 Å². The first-order chi connectivity index (χ1) is 9.27. The molecule has 0 saturated carbocycles. The van der Waals surface area contributed by atoms with Crippen LogP contribution in [0.25, 0.3) is 0 Å². The minimum atomic E-state index is 0.570. The monoisotopic (exact) mass is 279 g/mol. The van der Waals surface area contributed by atoms with Crippen molar-refractivity contribution in [1.29, 1.82) is 0 Å². The van der Waals surface area contributed by atoms with E-state index in [1.165, 1.54) is 49.1 Å². The van der Waals surface area contributed by atoms with E-state index in [1.54, 1.807) is 0 Å². The van der Waals surface area contributed by atoms with Gasteiger partial charge in [0, 0.05) is 16.6 Å². The third kappa shape index (κ3) is 6.91. The van der Waals surface area contributed by atoms with Gasteiger partial charge in [0.2, 0.25) is 0 Å². The molecule has 0 fully saturated rings. The third-order valence-electron chi connectivity index (χ3n) is 3.33. The van der Waals surface area contributed by atoms with E-state index in [0.29, 0.717) is 6.04 Å². The Morgan fingerprint density at radius 1 is 1.05 bits per heavy atom. The van der Waals surface area contributed by atoms with Crippen molar-refractivity contribution >= 4 is 17.4 Å². The second-order valence-corrected chi connectivity index (χ2v) is 6.48. The number of benzene rings is 1. The van der Waals surface area contributed by atoms with E-state index < -0.39 is 0 Å². The van der Waals surface area contributed by atoms with Crippen LogP contribution in [-0.4, -0.2) is 11.8 Å². The second-order valence-electron chi connectivity index (χ2n) is 5.18. The quantitative estimate of drug-likeness (QED) is 0.419. The summed E-state index contributed by atoms with van der Waals surface area (Å²) in [5, 5.41) is 3.67. The van der Waals surface area contributed by atoms with Crippen molar-refractivity contribution < 1.29 is 0 Å². The fourth-order valence-electron chi connectivity index (χ4n) is 2.26. The highest BCUT2D eigenvalue weighted by Crippen LogP contribution is 2.27. The number of unbranched alkanes of at least 4 members (excludes halogenated alkanes) is 4. The zero-order chi connectivity index (χ0) is 13.9. The highest BCUT2D eigenvalue weighted by molar-refractivity contribution is 7.99. The van der Waals surface area contributed by atoms with Crippen LogP contribution < -0.4 is 5.32 Å². The Morgan fingerprint density at radius 3 is 2.53 bits per heavy atom. The van der Waals surface area contributed by atoms with Crippen LogP contribution in [0.2, 0.25) is 0 Å². The predicted octanol–water partition coefficient (Wildman–Crippen LogP) is 5.96. The number of thioether (sulfide) groups is 1. The molecule has 1 nitrogen and oxygen atoms in total. The van der Waals surface area contributed by atoms with Gasteiger partial charge in [-0.1, -0.05) is 58.1 Å². The maximum Gasteiger partial charge on any atom is 0.0480 e. The summed E-state index contributed by atoms with van der Waals surface area (Å²) in [6.07, 6.45) is 8.11. The molecule has 0 amide bonds. The van der Waals surface area contributed by atoms with E-state index >= 15 is 0 Å². The molecule has 1 unspecified atom stereocenters. The van der Waals surface area contributed by atoms with E-state index in [-0.39, 0.29) is 0 Å². The summed E-state index contributed by atoms with van der Waals surface area (Å²) in [7, 11) is 0. The van der Waals surface area contributed by atoms with Gasteiger partial charge in [-0.3, -0.25) is 0 Å². The average molecular weight is 279 g/mol. The van der Waals surface area contributed by atoms with Crippen molar-refractivity contribution in [3.63, 3.8) is 0 Å². The van der Waals surface area contributed by atoms with E-state index in [2.05, 4.69) is 50.4 Å². The fraction of sp³-hybridized carbons (Fsp3) is 0.647. The molecular weight excluding hydrogens is 250 g/mol. The molecule has 1 atom stereocenters. The molecule has 0 bridgehead atoms. The van der Waals surface area contributed by atoms with Crippen LogP contribution in [0, 0.1) is 0 Å². The zero-order valence-corrected chi connectivity index (χ0v) is 13.6. The van der Waals surface area contributed by atoms with Gasteiger partial charge in [-0.15, -0.1) is 11.8 Å². The molecule has 19 heavy (non-hydrogen) atoms. The molecule has 1 aromatic carbocycles. The van der Waals surface area contributed by atoms with Gasteiger partial charge in [0.1, 0.15) is 0 Å². The number of nitrogens with one attached hydrogen (secondary N) is 1. The predicted molar refractivity (Wildman–Crippen MR) is 89.3 cm³/mol. The number of hydrogen-bond donors (Lipinski definition) is 1. The highest BCUT2D eigenvalue weighted by atomic mass is 32.2. The second kappa shape index (κ2) is 10.2. The van der Waals surface area contributed by atoms with Crippen LogP contribution in [0.1, 0.15) is 59.3 Å². The molecule has 0 saturated heterocycles. The summed E-state index contributed by atoms with van der Waals surface area (Å²) in [4.78, 5) is 1.38. The van der Waals surface area contributed by atoms with Crippen molar-refractivity contribution in [2.75, 3.05) is 11.1 Å². The Morgan fingerprint density at radius 2 is 1.79 bits per heavy atom. The summed E-state index contributed by atoms with van der Waals surface area (Å²) in [5.41, 5.74) is 1.30. The van der Waals surface area contributed by atoms with Gasteiger partial charge >= 0.3 is 0 Å². The lowest BCUT2D eigenvalue weighted by Gasteiger charge is -2.17. The third-order valence-corrected chi connectivity index (χ3v) is 4.29. The van der Waals surface area contributed by atoms with Crippen LogP contribution in [0.4, 0.5) is 5.69 Å². The van der Waals surface area contributed by atoms with Gasteiger partial charge in [0.05, 0.1) is 0 Å². The molecule has 1 N–H and O–H groups in total. The Bertz CT molecular complexity index is 338. The number of para-hydroxylation sites is 1. The molecule has 0 spiro atoms. The molecule has 0 aromatic heterocycles. The largest absolute Gasteiger partial charge is 0.382 e. The lowest BCUT2D eigenvalue weighted by molar-refractivity contribution is 0.578. The number of anilines is 1. The molecule has 0 aliphatic rings. The van der Waals surface area contributed by atoms with Crippen molar-refractivity contribution in [3.8, 4) is 0 Å². The SMILES string of the molecule is CCCCCCCC(C)Nc1ccccc1SCC. The zero-order valence-electron chi connectivity index (χ0n) is 12.7. The molecule has 1 rings (SSSR count). The average Bonchev–Trinajstić information content (AvgIpc) is 2.41. The molecule has 0 heterocycles. The van der Waals surface area contributed by atoms with Crippen molar-refractivity contribution in [3.05, 3.63) is 24.3 Å². The topological polar surface area (TPSA) is 12.0 Å².